The first kappa shape index (κ1) is 13.1. The van der Waals surface area contributed by atoms with Gasteiger partial charge in [-0.2, -0.15) is 5.26 Å². The highest BCUT2D eigenvalue weighted by Gasteiger charge is 2.15. The molecular formula is C15H16N4. The van der Waals surface area contributed by atoms with Gasteiger partial charge in [-0.1, -0.05) is 18.2 Å². The summed E-state index contributed by atoms with van der Waals surface area (Å²) in [5, 5.41) is 9.17. The van der Waals surface area contributed by atoms with Crippen LogP contribution in [0.2, 0.25) is 0 Å². The molecule has 0 saturated carbocycles. The van der Waals surface area contributed by atoms with Crippen molar-refractivity contribution in [3.8, 4) is 6.07 Å². The first-order valence-corrected chi connectivity index (χ1v) is 6.08. The number of benzene rings is 1. The molecule has 1 atom stereocenters. The molecule has 1 aromatic heterocycles. The smallest absolute Gasteiger partial charge is 0.137 e. The van der Waals surface area contributed by atoms with Crippen molar-refractivity contribution < 1.29 is 0 Å². The molecule has 96 valence electrons. The second kappa shape index (κ2) is 5.51. The van der Waals surface area contributed by atoms with Crippen molar-refractivity contribution in [1.82, 2.24) is 4.98 Å². The molecule has 0 aliphatic rings. The fraction of sp³-hybridized carbons (Fsp3) is 0.200. The fourth-order valence-electron chi connectivity index (χ4n) is 2.02. The molecule has 0 unspecified atom stereocenters. The van der Waals surface area contributed by atoms with Crippen LogP contribution in [-0.4, -0.2) is 12.0 Å². The minimum absolute atomic E-state index is 0.111. The molecule has 0 spiro atoms. The quantitative estimate of drug-likeness (QED) is 0.912. The Hall–Kier alpha value is -2.38. The van der Waals surface area contributed by atoms with Gasteiger partial charge in [-0.25, -0.2) is 4.98 Å². The molecule has 0 fully saturated rings. The van der Waals surface area contributed by atoms with Crippen LogP contribution in [0, 0.1) is 11.3 Å². The van der Waals surface area contributed by atoms with Crippen LogP contribution in [0.3, 0.4) is 0 Å². The summed E-state index contributed by atoms with van der Waals surface area (Å²) in [7, 11) is 1.89. The first-order chi connectivity index (χ1) is 9.15. The van der Waals surface area contributed by atoms with E-state index in [4.69, 9.17) is 5.73 Å². The normalized spacial score (nSPS) is 11.7. The molecule has 0 aliphatic heterocycles. The molecular weight excluding hydrogens is 236 g/mol. The summed E-state index contributed by atoms with van der Waals surface area (Å²) in [6.45, 7) is 1.92. The fourth-order valence-corrected chi connectivity index (χ4v) is 2.02. The van der Waals surface area contributed by atoms with Crippen molar-refractivity contribution in [3.05, 3.63) is 53.7 Å². The minimum Gasteiger partial charge on any atom is -0.328 e. The molecule has 2 N–H and O–H groups in total. The summed E-state index contributed by atoms with van der Waals surface area (Å²) < 4.78 is 0. The van der Waals surface area contributed by atoms with Gasteiger partial charge >= 0.3 is 0 Å². The second-order valence-electron chi connectivity index (χ2n) is 4.39. The van der Waals surface area contributed by atoms with Crippen LogP contribution >= 0.6 is 0 Å². The number of nitrogens with zero attached hydrogens (tertiary/aromatic N) is 3. The summed E-state index contributed by atoms with van der Waals surface area (Å²) in [6, 6.07) is 13.4. The molecule has 0 bridgehead atoms. The molecule has 0 aliphatic carbocycles. The Bertz CT molecular complexity index is 614. The van der Waals surface area contributed by atoms with E-state index >= 15 is 0 Å². The number of rotatable bonds is 3. The molecule has 4 heteroatoms. The van der Waals surface area contributed by atoms with Gasteiger partial charge in [0.2, 0.25) is 0 Å². The largest absolute Gasteiger partial charge is 0.328 e. The number of aromatic nitrogens is 1. The van der Waals surface area contributed by atoms with Gasteiger partial charge in [0.1, 0.15) is 11.9 Å². The predicted octanol–water partition coefficient (Wildman–Crippen LogP) is 2.74. The van der Waals surface area contributed by atoms with E-state index in [9.17, 15) is 5.26 Å². The Morgan fingerprint density at radius 1 is 1.26 bits per heavy atom. The van der Waals surface area contributed by atoms with Gasteiger partial charge in [-0.3, -0.25) is 0 Å². The van der Waals surface area contributed by atoms with Crippen molar-refractivity contribution in [3.63, 3.8) is 0 Å². The lowest BCUT2D eigenvalue weighted by Gasteiger charge is -2.23. The highest BCUT2D eigenvalue weighted by molar-refractivity contribution is 5.68. The number of nitriles is 1. The molecule has 0 amide bonds. The Morgan fingerprint density at radius 3 is 2.68 bits per heavy atom. The Labute approximate surface area is 113 Å². The summed E-state index contributed by atoms with van der Waals surface area (Å²) >= 11 is 0. The molecule has 4 nitrogen and oxygen atoms in total. The van der Waals surface area contributed by atoms with Gasteiger partial charge in [0.05, 0.1) is 11.3 Å². The zero-order valence-corrected chi connectivity index (χ0v) is 11.0. The number of para-hydroxylation sites is 1. The third-order valence-corrected chi connectivity index (χ3v) is 3.01. The van der Waals surface area contributed by atoms with E-state index in [0.717, 1.165) is 17.1 Å². The number of nitrogens with two attached hydrogens (primary N) is 1. The first-order valence-electron chi connectivity index (χ1n) is 6.08. The van der Waals surface area contributed by atoms with E-state index in [1.807, 2.05) is 49.2 Å². The van der Waals surface area contributed by atoms with E-state index in [2.05, 4.69) is 11.1 Å². The summed E-state index contributed by atoms with van der Waals surface area (Å²) in [6.07, 6.45) is 1.73. The van der Waals surface area contributed by atoms with Crippen LogP contribution in [0.15, 0.2) is 42.6 Å². The van der Waals surface area contributed by atoms with Crippen LogP contribution < -0.4 is 10.6 Å². The summed E-state index contributed by atoms with van der Waals surface area (Å²) in [4.78, 5) is 6.29. The number of anilines is 2. The van der Waals surface area contributed by atoms with Crippen molar-refractivity contribution in [2.24, 2.45) is 5.73 Å². The average molecular weight is 252 g/mol. The highest BCUT2D eigenvalue weighted by atomic mass is 15.2. The minimum atomic E-state index is -0.111. The lowest BCUT2D eigenvalue weighted by Crippen LogP contribution is -2.17. The second-order valence-corrected chi connectivity index (χ2v) is 4.39. The molecule has 0 radical (unpaired) electrons. The molecule has 1 aromatic carbocycles. The van der Waals surface area contributed by atoms with E-state index < -0.39 is 0 Å². The standard InChI is InChI=1S/C15H16N4/c1-11(17)13-7-5-9-18-15(13)19(2)14-8-4-3-6-12(14)10-16/h3-9,11H,17H2,1-2H3/t11-/m0/s1. The van der Waals surface area contributed by atoms with Crippen LogP contribution in [0.1, 0.15) is 24.1 Å². The number of hydrogen-bond acceptors (Lipinski definition) is 4. The van der Waals surface area contributed by atoms with Crippen LogP contribution in [0.4, 0.5) is 11.5 Å². The SMILES string of the molecule is C[C@H](N)c1cccnc1N(C)c1ccccc1C#N. The van der Waals surface area contributed by atoms with E-state index in [0.29, 0.717) is 5.56 Å². The van der Waals surface area contributed by atoms with E-state index in [1.165, 1.54) is 0 Å². The Morgan fingerprint density at radius 2 is 2.00 bits per heavy atom. The molecule has 2 rings (SSSR count). The van der Waals surface area contributed by atoms with E-state index in [-0.39, 0.29) is 6.04 Å². The summed E-state index contributed by atoms with van der Waals surface area (Å²) in [5.41, 5.74) is 8.37. The average Bonchev–Trinajstić information content (AvgIpc) is 2.46. The topological polar surface area (TPSA) is 65.9 Å². The van der Waals surface area contributed by atoms with Gasteiger partial charge in [0, 0.05) is 24.8 Å². The van der Waals surface area contributed by atoms with Crippen molar-refractivity contribution >= 4 is 11.5 Å². The van der Waals surface area contributed by atoms with Crippen LogP contribution in [-0.2, 0) is 0 Å². The van der Waals surface area contributed by atoms with Crippen LogP contribution in [0.5, 0.6) is 0 Å². The molecule has 1 heterocycles. The van der Waals surface area contributed by atoms with Gasteiger partial charge < -0.3 is 10.6 Å². The summed E-state index contributed by atoms with van der Waals surface area (Å²) in [5.74, 6) is 0.778. The zero-order valence-electron chi connectivity index (χ0n) is 11.0. The molecule has 0 saturated heterocycles. The van der Waals surface area contributed by atoms with Gasteiger partial charge in [-0.05, 0) is 25.1 Å². The Balaban J connectivity index is 2.51. The lowest BCUT2D eigenvalue weighted by molar-refractivity contribution is 0.807. The van der Waals surface area contributed by atoms with Crippen molar-refractivity contribution in [2.75, 3.05) is 11.9 Å². The molecule has 2 aromatic rings. The monoisotopic (exact) mass is 252 g/mol. The Kier molecular flexibility index (Phi) is 3.79. The zero-order chi connectivity index (χ0) is 13.8. The third-order valence-electron chi connectivity index (χ3n) is 3.01. The van der Waals surface area contributed by atoms with Gasteiger partial charge in [-0.15, -0.1) is 0 Å². The van der Waals surface area contributed by atoms with Gasteiger partial charge in [0.25, 0.3) is 0 Å². The maximum absolute atomic E-state index is 9.17. The number of pyridine rings is 1. The lowest BCUT2D eigenvalue weighted by atomic mass is 10.1. The van der Waals surface area contributed by atoms with Crippen molar-refractivity contribution in [1.29, 1.82) is 5.26 Å². The maximum atomic E-state index is 9.17. The highest BCUT2D eigenvalue weighted by Crippen LogP contribution is 2.29. The van der Waals surface area contributed by atoms with E-state index in [1.54, 1.807) is 12.3 Å². The third kappa shape index (κ3) is 2.56. The predicted molar refractivity (Wildman–Crippen MR) is 76.1 cm³/mol. The maximum Gasteiger partial charge on any atom is 0.137 e. The van der Waals surface area contributed by atoms with Gasteiger partial charge in [0.15, 0.2) is 0 Å². The number of hydrogen-bond donors (Lipinski definition) is 1. The van der Waals surface area contributed by atoms with Crippen LogP contribution in [0.25, 0.3) is 0 Å². The molecule has 19 heavy (non-hydrogen) atoms. The van der Waals surface area contributed by atoms with Crippen molar-refractivity contribution in [2.45, 2.75) is 13.0 Å².